The van der Waals surface area contributed by atoms with Crippen LogP contribution < -0.4 is 15.4 Å². The van der Waals surface area contributed by atoms with Crippen molar-refractivity contribution < 1.29 is 9.53 Å². The zero-order chi connectivity index (χ0) is 15.1. The van der Waals surface area contributed by atoms with Crippen LogP contribution in [0.2, 0.25) is 0 Å². The average Bonchev–Trinajstić information content (AvgIpc) is 2.43. The third-order valence-corrected chi connectivity index (χ3v) is 3.44. The van der Waals surface area contributed by atoms with Crippen molar-refractivity contribution in [1.82, 2.24) is 15.5 Å². The molecule has 0 radical (unpaired) electrons. The van der Waals surface area contributed by atoms with Gasteiger partial charge in [0, 0.05) is 25.2 Å². The minimum Gasteiger partial charge on any atom is -0.492 e. The first-order chi connectivity index (χ1) is 10.1. The van der Waals surface area contributed by atoms with Crippen LogP contribution in [0, 0.1) is 0 Å². The summed E-state index contributed by atoms with van der Waals surface area (Å²) in [7, 11) is 0. The van der Waals surface area contributed by atoms with Gasteiger partial charge in [0.2, 0.25) is 5.91 Å². The van der Waals surface area contributed by atoms with E-state index in [0.29, 0.717) is 31.8 Å². The van der Waals surface area contributed by atoms with Gasteiger partial charge in [-0.2, -0.15) is 0 Å². The Kier molecular flexibility index (Phi) is 8.24. The van der Waals surface area contributed by atoms with E-state index in [9.17, 15) is 4.79 Å². The molecule has 22 heavy (non-hydrogen) atoms. The maximum atomic E-state index is 11.9. The topological polar surface area (TPSA) is 53.6 Å². The van der Waals surface area contributed by atoms with Gasteiger partial charge in [-0.25, -0.2) is 0 Å². The van der Waals surface area contributed by atoms with Crippen LogP contribution in [0.5, 0.6) is 5.75 Å². The molecule has 1 aliphatic heterocycles. The van der Waals surface area contributed by atoms with E-state index in [0.717, 1.165) is 18.8 Å². The molecule has 0 aliphatic carbocycles. The molecule has 2 atom stereocenters. The second-order valence-corrected chi connectivity index (χ2v) is 5.67. The number of hydrogen-bond acceptors (Lipinski definition) is 4. The summed E-state index contributed by atoms with van der Waals surface area (Å²) in [5.74, 6) is 0.893. The van der Waals surface area contributed by atoms with Crippen LogP contribution in [0.1, 0.15) is 13.8 Å². The first-order valence-corrected chi connectivity index (χ1v) is 7.56. The second kappa shape index (κ2) is 9.66. The van der Waals surface area contributed by atoms with Crippen LogP contribution in [0.25, 0.3) is 0 Å². The zero-order valence-electron chi connectivity index (χ0n) is 13.2. The van der Waals surface area contributed by atoms with Crippen molar-refractivity contribution in [1.29, 1.82) is 0 Å². The van der Waals surface area contributed by atoms with Crippen molar-refractivity contribution in [3.8, 4) is 5.75 Å². The number of nitrogens with zero attached hydrogens (tertiary/aromatic N) is 1. The van der Waals surface area contributed by atoms with Gasteiger partial charge in [0.15, 0.2) is 0 Å². The number of halogens is 1. The maximum absolute atomic E-state index is 11.9. The van der Waals surface area contributed by atoms with E-state index in [-0.39, 0.29) is 18.3 Å². The molecular formula is C16H26ClN3O2. The molecule has 124 valence electrons. The summed E-state index contributed by atoms with van der Waals surface area (Å²) in [6.45, 7) is 7.61. The molecule has 1 aliphatic rings. The fourth-order valence-corrected chi connectivity index (χ4v) is 2.70. The molecule has 1 saturated heterocycles. The molecular weight excluding hydrogens is 302 g/mol. The molecule has 2 rings (SSSR count). The summed E-state index contributed by atoms with van der Waals surface area (Å²) >= 11 is 0. The Labute approximate surface area is 138 Å². The predicted octanol–water partition coefficient (Wildman–Crippen LogP) is 1.29. The van der Waals surface area contributed by atoms with Gasteiger partial charge in [-0.1, -0.05) is 18.2 Å². The zero-order valence-corrected chi connectivity index (χ0v) is 14.1. The molecule has 1 aromatic carbocycles. The van der Waals surface area contributed by atoms with Gasteiger partial charge in [0.05, 0.1) is 13.1 Å². The molecule has 1 fully saturated rings. The highest BCUT2D eigenvalue weighted by atomic mass is 35.5. The van der Waals surface area contributed by atoms with E-state index in [4.69, 9.17) is 4.74 Å². The number of para-hydroxylation sites is 1. The Bertz CT molecular complexity index is 434. The lowest BCUT2D eigenvalue weighted by atomic mass is 10.1. The summed E-state index contributed by atoms with van der Waals surface area (Å²) in [5, 5.41) is 6.36. The van der Waals surface area contributed by atoms with Gasteiger partial charge in [-0.05, 0) is 26.0 Å². The van der Waals surface area contributed by atoms with Crippen LogP contribution in [-0.2, 0) is 4.79 Å². The molecule has 2 unspecified atom stereocenters. The highest BCUT2D eigenvalue weighted by molar-refractivity contribution is 5.85. The smallest absolute Gasteiger partial charge is 0.234 e. The minimum atomic E-state index is 0. The number of rotatable bonds is 6. The van der Waals surface area contributed by atoms with E-state index in [2.05, 4.69) is 29.4 Å². The summed E-state index contributed by atoms with van der Waals surface area (Å²) in [5.41, 5.74) is 0. The van der Waals surface area contributed by atoms with E-state index in [1.165, 1.54) is 0 Å². The fourth-order valence-electron chi connectivity index (χ4n) is 2.70. The highest BCUT2D eigenvalue weighted by Crippen LogP contribution is 2.07. The summed E-state index contributed by atoms with van der Waals surface area (Å²) in [6.07, 6.45) is 0. The van der Waals surface area contributed by atoms with Crippen molar-refractivity contribution in [3.63, 3.8) is 0 Å². The number of carbonyl (C=O) groups excluding carboxylic acids is 1. The van der Waals surface area contributed by atoms with Crippen molar-refractivity contribution in [2.75, 3.05) is 32.8 Å². The fraction of sp³-hybridized carbons (Fsp3) is 0.562. The number of benzene rings is 1. The average molecular weight is 328 g/mol. The lowest BCUT2D eigenvalue weighted by molar-refractivity contribution is -0.122. The van der Waals surface area contributed by atoms with E-state index in [1.807, 2.05) is 30.3 Å². The van der Waals surface area contributed by atoms with Crippen LogP contribution in [-0.4, -0.2) is 55.7 Å². The quantitative estimate of drug-likeness (QED) is 0.773. The monoisotopic (exact) mass is 327 g/mol. The lowest BCUT2D eigenvalue weighted by Crippen LogP contribution is -2.56. The molecule has 0 spiro atoms. The van der Waals surface area contributed by atoms with Gasteiger partial charge >= 0.3 is 0 Å². The van der Waals surface area contributed by atoms with Gasteiger partial charge in [-0.15, -0.1) is 12.4 Å². The molecule has 1 aromatic rings. The summed E-state index contributed by atoms with van der Waals surface area (Å²) in [6, 6.07) is 10.5. The predicted molar refractivity (Wildman–Crippen MR) is 90.7 cm³/mol. The molecule has 2 N–H and O–H groups in total. The molecule has 1 heterocycles. The minimum absolute atomic E-state index is 0. The second-order valence-electron chi connectivity index (χ2n) is 5.67. The number of hydrogen-bond donors (Lipinski definition) is 2. The molecule has 6 heteroatoms. The molecule has 1 amide bonds. The first-order valence-electron chi connectivity index (χ1n) is 7.56. The first kappa shape index (κ1) is 18.7. The van der Waals surface area contributed by atoms with Gasteiger partial charge < -0.3 is 15.4 Å². The Morgan fingerprint density at radius 2 is 1.91 bits per heavy atom. The van der Waals surface area contributed by atoms with Crippen molar-refractivity contribution >= 4 is 18.3 Å². The van der Waals surface area contributed by atoms with Crippen LogP contribution in [0.3, 0.4) is 0 Å². The SMILES string of the molecule is CC1CN(CC(=O)NCCOc2ccccc2)CC(C)N1.Cl. The summed E-state index contributed by atoms with van der Waals surface area (Å²) < 4.78 is 5.54. The largest absolute Gasteiger partial charge is 0.492 e. The van der Waals surface area contributed by atoms with Crippen molar-refractivity contribution in [3.05, 3.63) is 30.3 Å². The van der Waals surface area contributed by atoms with E-state index >= 15 is 0 Å². The Morgan fingerprint density at radius 3 is 2.55 bits per heavy atom. The number of carbonyl (C=O) groups is 1. The normalized spacial score (nSPS) is 21.7. The lowest BCUT2D eigenvalue weighted by Gasteiger charge is -2.35. The number of amides is 1. The van der Waals surface area contributed by atoms with Gasteiger partial charge in [0.25, 0.3) is 0 Å². The van der Waals surface area contributed by atoms with Gasteiger partial charge in [-0.3, -0.25) is 9.69 Å². The molecule has 0 bridgehead atoms. The number of nitrogens with one attached hydrogen (secondary N) is 2. The third kappa shape index (κ3) is 6.64. The standard InChI is InChI=1S/C16H25N3O2.ClH/c1-13-10-19(11-14(2)18-13)12-16(20)17-8-9-21-15-6-4-3-5-7-15;/h3-7,13-14,18H,8-12H2,1-2H3,(H,17,20);1H. The van der Waals surface area contributed by atoms with E-state index in [1.54, 1.807) is 0 Å². The van der Waals surface area contributed by atoms with Crippen molar-refractivity contribution in [2.24, 2.45) is 0 Å². The number of ether oxygens (including phenoxy) is 1. The van der Waals surface area contributed by atoms with Gasteiger partial charge in [0.1, 0.15) is 12.4 Å². The van der Waals surface area contributed by atoms with Crippen LogP contribution >= 0.6 is 12.4 Å². The highest BCUT2D eigenvalue weighted by Gasteiger charge is 2.22. The molecule has 5 nitrogen and oxygen atoms in total. The number of piperazine rings is 1. The Hall–Kier alpha value is -1.30. The Balaban J connectivity index is 0.00000242. The van der Waals surface area contributed by atoms with Crippen LogP contribution in [0.4, 0.5) is 0 Å². The molecule has 0 aromatic heterocycles. The van der Waals surface area contributed by atoms with Crippen LogP contribution in [0.15, 0.2) is 30.3 Å². The van der Waals surface area contributed by atoms with Crippen molar-refractivity contribution in [2.45, 2.75) is 25.9 Å². The molecule has 0 saturated carbocycles. The van der Waals surface area contributed by atoms with E-state index < -0.39 is 0 Å². The summed E-state index contributed by atoms with van der Waals surface area (Å²) in [4.78, 5) is 14.1. The Morgan fingerprint density at radius 1 is 1.27 bits per heavy atom. The third-order valence-electron chi connectivity index (χ3n) is 3.44. The maximum Gasteiger partial charge on any atom is 0.234 e.